The Labute approximate surface area is 161 Å². The predicted molar refractivity (Wildman–Crippen MR) is 107 cm³/mol. The van der Waals surface area contributed by atoms with Crippen LogP contribution in [0.4, 0.5) is 5.69 Å². The first-order chi connectivity index (χ1) is 13.1. The molecule has 4 aromatic rings. The van der Waals surface area contributed by atoms with Gasteiger partial charge in [0.1, 0.15) is 0 Å². The van der Waals surface area contributed by atoms with Crippen molar-refractivity contribution < 1.29 is 4.79 Å². The van der Waals surface area contributed by atoms with Crippen molar-refractivity contribution in [3.8, 4) is 11.3 Å². The summed E-state index contributed by atoms with van der Waals surface area (Å²) in [6, 6.07) is 15.1. The molecule has 5 nitrogen and oxygen atoms in total. The first kappa shape index (κ1) is 17.2. The average Bonchev–Trinajstić information content (AvgIpc) is 3.07. The number of imidazole rings is 1. The van der Waals surface area contributed by atoms with Crippen LogP contribution in [0.3, 0.4) is 0 Å². The fourth-order valence-electron chi connectivity index (χ4n) is 2.88. The van der Waals surface area contributed by atoms with Crippen molar-refractivity contribution in [3.63, 3.8) is 0 Å². The highest BCUT2D eigenvalue weighted by Crippen LogP contribution is 2.28. The van der Waals surface area contributed by atoms with E-state index in [0.717, 1.165) is 22.4 Å². The van der Waals surface area contributed by atoms with Crippen LogP contribution < -0.4 is 5.32 Å². The highest BCUT2D eigenvalue weighted by molar-refractivity contribution is 6.33. The Kier molecular flexibility index (Phi) is 4.60. The van der Waals surface area contributed by atoms with Crippen LogP contribution in [0.1, 0.15) is 11.1 Å². The Balaban J connectivity index is 1.59. The van der Waals surface area contributed by atoms with E-state index in [-0.39, 0.29) is 5.91 Å². The van der Waals surface area contributed by atoms with Gasteiger partial charge in [-0.1, -0.05) is 48.0 Å². The number of hydrogen-bond donors (Lipinski definition) is 1. The van der Waals surface area contributed by atoms with Crippen LogP contribution in [0, 0.1) is 6.92 Å². The number of benzene rings is 2. The van der Waals surface area contributed by atoms with E-state index in [0.29, 0.717) is 22.9 Å². The molecule has 0 atom stereocenters. The Hall–Kier alpha value is -3.18. The van der Waals surface area contributed by atoms with Gasteiger partial charge in [0.05, 0.1) is 22.8 Å². The second-order valence-electron chi connectivity index (χ2n) is 6.37. The maximum atomic E-state index is 12.4. The third-order valence-electron chi connectivity index (χ3n) is 4.18. The van der Waals surface area contributed by atoms with Crippen LogP contribution in [-0.2, 0) is 11.2 Å². The van der Waals surface area contributed by atoms with Gasteiger partial charge >= 0.3 is 0 Å². The Morgan fingerprint density at radius 1 is 1.15 bits per heavy atom. The highest BCUT2D eigenvalue weighted by Gasteiger charge is 2.11. The number of amides is 1. The number of hydrogen-bond acceptors (Lipinski definition) is 3. The second kappa shape index (κ2) is 7.21. The maximum Gasteiger partial charge on any atom is 0.234 e. The minimum atomic E-state index is -0.118. The van der Waals surface area contributed by atoms with Crippen molar-refractivity contribution >= 4 is 29.0 Å². The van der Waals surface area contributed by atoms with E-state index in [9.17, 15) is 4.79 Å². The SMILES string of the molecule is Cc1cnc2nc(-c3ccc(Cl)c(NC(=O)Cc4ccccc4)c3)cn2c1. The molecule has 27 heavy (non-hydrogen) atoms. The van der Waals surface area contributed by atoms with Crippen LogP contribution in [0.25, 0.3) is 17.0 Å². The van der Waals surface area contributed by atoms with Crippen molar-refractivity contribution in [3.05, 3.63) is 83.3 Å². The van der Waals surface area contributed by atoms with Gasteiger partial charge in [0.25, 0.3) is 0 Å². The molecule has 0 spiro atoms. The summed E-state index contributed by atoms with van der Waals surface area (Å²) in [5.41, 5.74) is 4.19. The number of rotatable bonds is 4. The van der Waals surface area contributed by atoms with Crippen LogP contribution in [-0.4, -0.2) is 20.3 Å². The summed E-state index contributed by atoms with van der Waals surface area (Å²) in [5, 5.41) is 3.37. The number of aryl methyl sites for hydroxylation is 1. The van der Waals surface area contributed by atoms with Gasteiger partial charge in [-0.25, -0.2) is 9.97 Å². The quantitative estimate of drug-likeness (QED) is 0.568. The molecule has 2 aromatic heterocycles. The van der Waals surface area contributed by atoms with Crippen molar-refractivity contribution in [2.75, 3.05) is 5.32 Å². The summed E-state index contributed by atoms with van der Waals surface area (Å²) in [6.45, 7) is 1.98. The number of carbonyl (C=O) groups is 1. The van der Waals surface area contributed by atoms with Crippen molar-refractivity contribution in [2.45, 2.75) is 13.3 Å². The molecule has 0 saturated heterocycles. The van der Waals surface area contributed by atoms with Crippen molar-refractivity contribution in [1.82, 2.24) is 14.4 Å². The lowest BCUT2D eigenvalue weighted by Gasteiger charge is -2.09. The van der Waals surface area contributed by atoms with E-state index in [1.807, 2.05) is 66.2 Å². The zero-order valence-electron chi connectivity index (χ0n) is 14.7. The zero-order valence-corrected chi connectivity index (χ0v) is 15.4. The standard InChI is InChI=1S/C21H17ClN4O/c1-14-11-23-21-25-19(13-26(21)12-14)16-7-8-17(22)18(10-16)24-20(27)9-15-5-3-2-4-6-15/h2-8,10-13H,9H2,1H3,(H,24,27). The molecule has 0 aliphatic carbocycles. The highest BCUT2D eigenvalue weighted by atomic mass is 35.5. The third kappa shape index (κ3) is 3.83. The molecule has 0 aliphatic heterocycles. The molecule has 0 radical (unpaired) electrons. The number of carbonyl (C=O) groups excluding carboxylic acids is 1. The molecule has 0 saturated carbocycles. The molecule has 134 valence electrons. The number of nitrogens with one attached hydrogen (secondary N) is 1. The molecule has 0 fully saturated rings. The minimum absolute atomic E-state index is 0.118. The van der Waals surface area contributed by atoms with E-state index in [2.05, 4.69) is 15.3 Å². The van der Waals surface area contributed by atoms with Gasteiger partial charge in [-0.15, -0.1) is 0 Å². The summed E-state index contributed by atoms with van der Waals surface area (Å²) in [7, 11) is 0. The molecule has 1 N–H and O–H groups in total. The summed E-state index contributed by atoms with van der Waals surface area (Å²) < 4.78 is 1.88. The van der Waals surface area contributed by atoms with Gasteiger partial charge in [0.15, 0.2) is 0 Å². The first-order valence-corrected chi connectivity index (χ1v) is 8.91. The Morgan fingerprint density at radius 3 is 2.78 bits per heavy atom. The van der Waals surface area contributed by atoms with Crippen molar-refractivity contribution in [1.29, 1.82) is 0 Å². The average molecular weight is 377 g/mol. The van der Waals surface area contributed by atoms with E-state index in [1.54, 1.807) is 12.3 Å². The fourth-order valence-corrected chi connectivity index (χ4v) is 3.05. The van der Waals surface area contributed by atoms with Crippen LogP contribution in [0.2, 0.25) is 5.02 Å². The number of halogens is 1. The molecular weight excluding hydrogens is 360 g/mol. The van der Waals surface area contributed by atoms with Crippen LogP contribution in [0.5, 0.6) is 0 Å². The molecule has 1 amide bonds. The van der Waals surface area contributed by atoms with Gasteiger partial charge in [0, 0.05) is 24.2 Å². The monoisotopic (exact) mass is 376 g/mol. The summed E-state index contributed by atoms with van der Waals surface area (Å²) in [4.78, 5) is 21.2. The maximum absolute atomic E-state index is 12.4. The first-order valence-electron chi connectivity index (χ1n) is 8.53. The fraction of sp³-hybridized carbons (Fsp3) is 0.0952. The normalized spacial score (nSPS) is 10.9. The van der Waals surface area contributed by atoms with Crippen LogP contribution in [0.15, 0.2) is 67.1 Å². The molecule has 4 rings (SSSR count). The lowest BCUT2D eigenvalue weighted by molar-refractivity contribution is -0.115. The molecule has 0 unspecified atom stereocenters. The molecule has 0 bridgehead atoms. The lowest BCUT2D eigenvalue weighted by Crippen LogP contribution is -2.14. The molecule has 2 aromatic carbocycles. The molecule has 0 aliphatic rings. The molecule has 6 heteroatoms. The van der Waals surface area contributed by atoms with Crippen LogP contribution >= 0.6 is 11.6 Å². The van der Waals surface area contributed by atoms with Gasteiger partial charge < -0.3 is 5.32 Å². The second-order valence-corrected chi connectivity index (χ2v) is 6.78. The predicted octanol–water partition coefficient (Wildman–Crippen LogP) is 4.54. The molecule has 2 heterocycles. The Morgan fingerprint density at radius 2 is 1.96 bits per heavy atom. The van der Waals surface area contributed by atoms with E-state index in [4.69, 9.17) is 11.6 Å². The van der Waals surface area contributed by atoms with E-state index >= 15 is 0 Å². The largest absolute Gasteiger partial charge is 0.324 e. The minimum Gasteiger partial charge on any atom is -0.324 e. The lowest BCUT2D eigenvalue weighted by atomic mass is 10.1. The smallest absolute Gasteiger partial charge is 0.234 e. The van der Waals surface area contributed by atoms with Gasteiger partial charge in [0.2, 0.25) is 11.7 Å². The van der Waals surface area contributed by atoms with E-state index in [1.165, 1.54) is 0 Å². The zero-order chi connectivity index (χ0) is 18.8. The van der Waals surface area contributed by atoms with Gasteiger partial charge in [-0.05, 0) is 30.2 Å². The summed E-state index contributed by atoms with van der Waals surface area (Å²) in [5.74, 6) is 0.507. The number of fused-ring (bicyclic) bond motifs is 1. The number of aromatic nitrogens is 3. The summed E-state index contributed by atoms with van der Waals surface area (Å²) in [6.07, 6.45) is 5.95. The topological polar surface area (TPSA) is 59.3 Å². The number of anilines is 1. The van der Waals surface area contributed by atoms with E-state index < -0.39 is 0 Å². The summed E-state index contributed by atoms with van der Waals surface area (Å²) >= 11 is 6.28. The van der Waals surface area contributed by atoms with Gasteiger partial charge in [-0.3, -0.25) is 9.20 Å². The molecular formula is C21H17ClN4O. The Bertz CT molecular complexity index is 1120. The number of nitrogens with zero attached hydrogens (tertiary/aromatic N) is 3. The van der Waals surface area contributed by atoms with Crippen molar-refractivity contribution in [2.24, 2.45) is 0 Å². The van der Waals surface area contributed by atoms with Gasteiger partial charge in [-0.2, -0.15) is 0 Å². The third-order valence-corrected chi connectivity index (χ3v) is 4.51.